The highest BCUT2D eigenvalue weighted by Crippen LogP contribution is 2.21. The molecule has 0 radical (unpaired) electrons. The van der Waals surface area contributed by atoms with Crippen LogP contribution in [0.1, 0.15) is 0 Å². The maximum atomic E-state index is 11.6. The van der Waals surface area contributed by atoms with Gasteiger partial charge in [-0.15, -0.1) is 0 Å². The standard InChI is InChI=1S/C10H14N4O4/c1-17-10(16)6-4-18-3-2-14(6)8-7(11)9(15)13-5-12-8/h5-6H,2-4,11H2,1H3,(H,12,13,15). The first-order chi connectivity index (χ1) is 8.65. The van der Waals surface area contributed by atoms with Crippen molar-refractivity contribution in [2.45, 2.75) is 6.04 Å². The molecule has 0 saturated carbocycles. The van der Waals surface area contributed by atoms with E-state index < -0.39 is 17.6 Å². The lowest BCUT2D eigenvalue weighted by atomic mass is 10.2. The van der Waals surface area contributed by atoms with Crippen molar-refractivity contribution in [2.24, 2.45) is 0 Å². The number of anilines is 2. The van der Waals surface area contributed by atoms with E-state index in [4.69, 9.17) is 15.2 Å². The first-order valence-electron chi connectivity index (χ1n) is 5.40. The predicted octanol–water partition coefficient (Wildman–Crippen LogP) is -1.27. The Hall–Kier alpha value is -2.09. The number of rotatable bonds is 2. The number of H-pyrrole nitrogens is 1. The van der Waals surface area contributed by atoms with Crippen molar-refractivity contribution in [3.05, 3.63) is 16.7 Å². The molecule has 2 rings (SSSR count). The fraction of sp³-hybridized carbons (Fsp3) is 0.500. The third-order valence-electron chi connectivity index (χ3n) is 2.74. The SMILES string of the molecule is COC(=O)C1COCCN1c1nc[nH]c(=O)c1N. The molecule has 1 unspecified atom stereocenters. The number of esters is 1. The molecule has 1 aromatic rings. The largest absolute Gasteiger partial charge is 0.467 e. The van der Waals surface area contributed by atoms with Crippen molar-refractivity contribution in [1.82, 2.24) is 9.97 Å². The van der Waals surface area contributed by atoms with Gasteiger partial charge in [-0.1, -0.05) is 0 Å². The molecule has 98 valence electrons. The molecule has 2 heterocycles. The van der Waals surface area contributed by atoms with Gasteiger partial charge in [0.1, 0.15) is 5.69 Å². The van der Waals surface area contributed by atoms with Crippen molar-refractivity contribution in [2.75, 3.05) is 37.5 Å². The van der Waals surface area contributed by atoms with Crippen LogP contribution in [0.15, 0.2) is 11.1 Å². The summed E-state index contributed by atoms with van der Waals surface area (Å²) in [6, 6.07) is -0.639. The molecule has 1 saturated heterocycles. The second-order valence-corrected chi connectivity index (χ2v) is 3.78. The first kappa shape index (κ1) is 12.4. The fourth-order valence-electron chi connectivity index (χ4n) is 1.82. The zero-order chi connectivity index (χ0) is 13.1. The lowest BCUT2D eigenvalue weighted by Gasteiger charge is -2.34. The minimum absolute atomic E-state index is 0.0201. The Bertz CT molecular complexity index is 501. The number of nitrogens with two attached hydrogens (primary N) is 1. The Balaban J connectivity index is 2.37. The third-order valence-corrected chi connectivity index (χ3v) is 2.74. The Morgan fingerprint density at radius 2 is 2.50 bits per heavy atom. The van der Waals surface area contributed by atoms with E-state index in [0.717, 1.165) is 0 Å². The van der Waals surface area contributed by atoms with Gasteiger partial charge in [0.25, 0.3) is 5.56 Å². The van der Waals surface area contributed by atoms with E-state index in [1.165, 1.54) is 13.4 Å². The topological polar surface area (TPSA) is 111 Å². The Morgan fingerprint density at radius 1 is 1.72 bits per heavy atom. The molecule has 3 N–H and O–H groups in total. The first-order valence-corrected chi connectivity index (χ1v) is 5.40. The molecular weight excluding hydrogens is 240 g/mol. The minimum atomic E-state index is -0.639. The van der Waals surface area contributed by atoms with Gasteiger partial charge in [-0.05, 0) is 0 Å². The van der Waals surface area contributed by atoms with Crippen LogP contribution in [-0.4, -0.2) is 48.8 Å². The zero-order valence-corrected chi connectivity index (χ0v) is 9.88. The Kier molecular flexibility index (Phi) is 3.47. The van der Waals surface area contributed by atoms with Gasteiger partial charge in [0, 0.05) is 6.54 Å². The number of methoxy groups -OCH3 is 1. The average Bonchev–Trinajstić information content (AvgIpc) is 2.41. The highest BCUT2D eigenvalue weighted by Gasteiger charge is 2.32. The third kappa shape index (κ3) is 2.14. The maximum absolute atomic E-state index is 11.6. The summed E-state index contributed by atoms with van der Waals surface area (Å²) in [6.45, 7) is 1.03. The quantitative estimate of drug-likeness (QED) is 0.633. The van der Waals surface area contributed by atoms with Crippen LogP contribution in [0.2, 0.25) is 0 Å². The van der Waals surface area contributed by atoms with Gasteiger partial charge in [-0.25, -0.2) is 9.78 Å². The van der Waals surface area contributed by atoms with E-state index in [9.17, 15) is 9.59 Å². The van der Waals surface area contributed by atoms with Crippen LogP contribution in [0.4, 0.5) is 11.5 Å². The van der Waals surface area contributed by atoms with Gasteiger partial charge in [0.15, 0.2) is 11.9 Å². The number of nitrogens with one attached hydrogen (secondary N) is 1. The highest BCUT2D eigenvalue weighted by atomic mass is 16.5. The zero-order valence-electron chi connectivity index (χ0n) is 9.88. The molecule has 0 spiro atoms. The summed E-state index contributed by atoms with van der Waals surface area (Å²) in [5, 5.41) is 0. The number of hydrogen-bond donors (Lipinski definition) is 2. The van der Waals surface area contributed by atoms with Crippen molar-refractivity contribution >= 4 is 17.5 Å². The minimum Gasteiger partial charge on any atom is -0.467 e. The monoisotopic (exact) mass is 254 g/mol. The molecule has 8 nitrogen and oxygen atoms in total. The molecule has 1 atom stereocenters. The van der Waals surface area contributed by atoms with Gasteiger partial charge in [-0.3, -0.25) is 4.79 Å². The predicted molar refractivity (Wildman–Crippen MR) is 63.2 cm³/mol. The number of ether oxygens (including phenoxy) is 2. The van der Waals surface area contributed by atoms with Crippen molar-refractivity contribution in [1.29, 1.82) is 0 Å². The number of nitrogen functional groups attached to an aromatic ring is 1. The normalized spacial score (nSPS) is 19.6. The summed E-state index contributed by atoms with van der Waals surface area (Å²) in [5.74, 6) is -0.173. The van der Waals surface area contributed by atoms with E-state index in [0.29, 0.717) is 13.2 Å². The van der Waals surface area contributed by atoms with Crippen LogP contribution < -0.4 is 16.2 Å². The van der Waals surface area contributed by atoms with Crippen LogP contribution in [-0.2, 0) is 14.3 Å². The van der Waals surface area contributed by atoms with Gasteiger partial charge < -0.3 is 25.1 Å². The van der Waals surface area contributed by atoms with E-state index in [2.05, 4.69) is 9.97 Å². The molecule has 8 heteroatoms. The number of nitrogens with zero attached hydrogens (tertiary/aromatic N) is 2. The molecular formula is C10H14N4O4. The summed E-state index contributed by atoms with van der Waals surface area (Å²) in [6.07, 6.45) is 1.25. The van der Waals surface area contributed by atoms with E-state index in [-0.39, 0.29) is 18.1 Å². The second-order valence-electron chi connectivity index (χ2n) is 3.78. The average molecular weight is 254 g/mol. The molecule has 18 heavy (non-hydrogen) atoms. The van der Waals surface area contributed by atoms with Crippen LogP contribution in [0.5, 0.6) is 0 Å². The number of aromatic nitrogens is 2. The number of hydrogen-bond acceptors (Lipinski definition) is 7. The van der Waals surface area contributed by atoms with E-state index in [1.54, 1.807) is 4.90 Å². The molecule has 1 aromatic heterocycles. The molecule has 0 aliphatic carbocycles. The Morgan fingerprint density at radius 3 is 3.22 bits per heavy atom. The van der Waals surface area contributed by atoms with Gasteiger partial charge >= 0.3 is 5.97 Å². The van der Waals surface area contributed by atoms with Crippen molar-refractivity contribution in [3.63, 3.8) is 0 Å². The molecule has 0 bridgehead atoms. The summed E-state index contributed by atoms with van der Waals surface area (Å²) in [4.78, 5) is 31.1. The molecule has 1 fully saturated rings. The van der Waals surface area contributed by atoms with Crippen molar-refractivity contribution in [3.8, 4) is 0 Å². The summed E-state index contributed by atoms with van der Waals surface area (Å²) >= 11 is 0. The summed E-state index contributed by atoms with van der Waals surface area (Å²) < 4.78 is 9.93. The smallest absolute Gasteiger partial charge is 0.330 e. The molecule has 0 aromatic carbocycles. The maximum Gasteiger partial charge on any atom is 0.330 e. The van der Waals surface area contributed by atoms with Crippen LogP contribution in [0.25, 0.3) is 0 Å². The van der Waals surface area contributed by atoms with E-state index in [1.807, 2.05) is 0 Å². The molecule has 1 aliphatic heterocycles. The van der Waals surface area contributed by atoms with Crippen LogP contribution in [0, 0.1) is 0 Å². The Labute approximate surface area is 103 Å². The number of carbonyl (C=O) groups is 1. The number of morpholine rings is 1. The summed E-state index contributed by atoms with van der Waals surface area (Å²) in [5.41, 5.74) is 5.22. The van der Waals surface area contributed by atoms with Gasteiger partial charge in [-0.2, -0.15) is 0 Å². The number of carbonyl (C=O) groups excluding carboxylic acids is 1. The lowest BCUT2D eigenvalue weighted by molar-refractivity contribution is -0.144. The van der Waals surface area contributed by atoms with E-state index >= 15 is 0 Å². The number of aromatic amines is 1. The summed E-state index contributed by atoms with van der Waals surface area (Å²) in [7, 11) is 1.30. The van der Waals surface area contributed by atoms with Gasteiger partial charge in [0.2, 0.25) is 0 Å². The highest BCUT2D eigenvalue weighted by molar-refractivity contribution is 5.81. The molecule has 1 aliphatic rings. The fourth-order valence-corrected chi connectivity index (χ4v) is 1.82. The van der Waals surface area contributed by atoms with Crippen LogP contribution >= 0.6 is 0 Å². The van der Waals surface area contributed by atoms with Crippen LogP contribution in [0.3, 0.4) is 0 Å². The lowest BCUT2D eigenvalue weighted by Crippen LogP contribution is -2.51. The second kappa shape index (κ2) is 5.05. The van der Waals surface area contributed by atoms with Crippen molar-refractivity contribution < 1.29 is 14.3 Å². The molecule has 0 amide bonds. The van der Waals surface area contributed by atoms with Gasteiger partial charge in [0.05, 0.1) is 26.7 Å².